The summed E-state index contributed by atoms with van der Waals surface area (Å²) in [5.74, 6) is 1.76. The first-order valence-electron chi connectivity index (χ1n) is 8.72. The number of nitrogens with one attached hydrogen (secondary N) is 1. The highest BCUT2D eigenvalue weighted by Gasteiger charge is 2.09. The second-order valence-corrected chi connectivity index (χ2v) is 6.11. The second kappa shape index (κ2) is 7.70. The van der Waals surface area contributed by atoms with Gasteiger partial charge < -0.3 is 10.1 Å². The van der Waals surface area contributed by atoms with Crippen LogP contribution in [0.3, 0.4) is 0 Å². The highest BCUT2D eigenvalue weighted by molar-refractivity contribution is 5.88. The second-order valence-electron chi connectivity index (χ2n) is 6.11. The molecule has 0 aliphatic heterocycles. The number of benzene rings is 3. The van der Waals surface area contributed by atoms with Gasteiger partial charge in [-0.3, -0.25) is 0 Å². The molecule has 26 heavy (non-hydrogen) atoms. The van der Waals surface area contributed by atoms with Gasteiger partial charge in [0, 0.05) is 18.3 Å². The molecule has 0 aliphatic rings. The van der Waals surface area contributed by atoms with Crippen LogP contribution in [0, 0.1) is 0 Å². The van der Waals surface area contributed by atoms with E-state index < -0.39 is 0 Å². The Kier molecular flexibility index (Phi) is 4.79. The summed E-state index contributed by atoms with van der Waals surface area (Å²) in [4.78, 5) is 4.35. The third-order valence-corrected chi connectivity index (χ3v) is 4.35. The molecule has 1 aromatic heterocycles. The zero-order chi connectivity index (χ0) is 17.6. The maximum atomic E-state index is 6.16. The van der Waals surface area contributed by atoms with E-state index in [1.807, 2.05) is 36.4 Å². The predicted molar refractivity (Wildman–Crippen MR) is 106 cm³/mol. The minimum absolute atomic E-state index is 0.551. The minimum atomic E-state index is 0.551. The van der Waals surface area contributed by atoms with E-state index in [1.54, 1.807) is 6.20 Å². The number of rotatable bonds is 6. The summed E-state index contributed by atoms with van der Waals surface area (Å²) in [6.45, 7) is 1.21. The number of hydrogen-bond donors (Lipinski definition) is 1. The lowest BCUT2D eigenvalue weighted by Gasteiger charge is -2.15. The fraction of sp³-hybridized carbons (Fsp3) is 0.0870. The maximum Gasteiger partial charge on any atom is 0.126 e. The Balaban J connectivity index is 1.63. The van der Waals surface area contributed by atoms with Crippen LogP contribution in [0.4, 0.5) is 5.82 Å². The fourth-order valence-corrected chi connectivity index (χ4v) is 3.02. The zero-order valence-electron chi connectivity index (χ0n) is 14.4. The molecule has 0 aliphatic carbocycles. The van der Waals surface area contributed by atoms with Crippen molar-refractivity contribution in [1.82, 2.24) is 4.98 Å². The summed E-state index contributed by atoms with van der Waals surface area (Å²) in [5.41, 5.74) is 2.30. The Labute approximate surface area is 153 Å². The molecule has 0 atom stereocenters. The van der Waals surface area contributed by atoms with Crippen molar-refractivity contribution in [2.75, 3.05) is 5.32 Å². The molecule has 3 aromatic carbocycles. The molecule has 1 heterocycles. The van der Waals surface area contributed by atoms with E-state index in [0.717, 1.165) is 22.7 Å². The molecule has 0 saturated heterocycles. The largest absolute Gasteiger partial charge is 0.489 e. The number of pyridine rings is 1. The number of anilines is 1. The van der Waals surface area contributed by atoms with Crippen LogP contribution in [0.5, 0.6) is 5.75 Å². The Bertz CT molecular complexity index is 985. The molecule has 0 unspecified atom stereocenters. The topological polar surface area (TPSA) is 34.1 Å². The van der Waals surface area contributed by atoms with Gasteiger partial charge in [-0.15, -0.1) is 0 Å². The normalized spacial score (nSPS) is 10.6. The van der Waals surface area contributed by atoms with Gasteiger partial charge in [-0.05, 0) is 34.5 Å². The van der Waals surface area contributed by atoms with E-state index in [4.69, 9.17) is 4.74 Å². The Morgan fingerprint density at radius 3 is 2.42 bits per heavy atom. The average molecular weight is 340 g/mol. The van der Waals surface area contributed by atoms with E-state index >= 15 is 0 Å². The molecule has 0 spiro atoms. The highest BCUT2D eigenvalue weighted by Crippen LogP contribution is 2.29. The van der Waals surface area contributed by atoms with Gasteiger partial charge >= 0.3 is 0 Å². The number of ether oxygens (including phenoxy) is 1. The van der Waals surface area contributed by atoms with Gasteiger partial charge in [0.1, 0.15) is 18.2 Å². The van der Waals surface area contributed by atoms with E-state index in [9.17, 15) is 0 Å². The first kappa shape index (κ1) is 16.2. The van der Waals surface area contributed by atoms with Gasteiger partial charge in [0.15, 0.2) is 0 Å². The Morgan fingerprint density at radius 2 is 1.58 bits per heavy atom. The molecular formula is C23H20N2O. The predicted octanol–water partition coefficient (Wildman–Crippen LogP) is 5.43. The standard InChI is InChI=1S/C23H20N2O/c1-2-8-18(9-3-1)17-26-22-14-13-19-10-4-5-11-20(19)21(22)16-25-23-12-6-7-15-24-23/h1-15H,16-17H2,(H,24,25). The van der Waals surface area contributed by atoms with Crippen molar-refractivity contribution in [2.45, 2.75) is 13.2 Å². The Hall–Kier alpha value is -3.33. The lowest BCUT2D eigenvalue weighted by molar-refractivity contribution is 0.304. The number of fused-ring (bicyclic) bond motifs is 1. The number of aromatic nitrogens is 1. The van der Waals surface area contributed by atoms with E-state index in [2.05, 4.69) is 58.8 Å². The van der Waals surface area contributed by atoms with Crippen molar-refractivity contribution >= 4 is 16.6 Å². The molecular weight excluding hydrogens is 320 g/mol. The Morgan fingerprint density at radius 1 is 0.769 bits per heavy atom. The molecule has 0 radical (unpaired) electrons. The molecule has 0 saturated carbocycles. The minimum Gasteiger partial charge on any atom is -0.489 e. The lowest BCUT2D eigenvalue weighted by Crippen LogP contribution is -2.05. The number of hydrogen-bond acceptors (Lipinski definition) is 3. The molecule has 3 nitrogen and oxygen atoms in total. The molecule has 128 valence electrons. The van der Waals surface area contributed by atoms with E-state index in [-0.39, 0.29) is 0 Å². The summed E-state index contributed by atoms with van der Waals surface area (Å²) >= 11 is 0. The van der Waals surface area contributed by atoms with E-state index in [1.165, 1.54) is 10.8 Å². The van der Waals surface area contributed by atoms with Gasteiger partial charge in [-0.25, -0.2) is 4.98 Å². The average Bonchev–Trinajstić information content (AvgIpc) is 2.72. The summed E-state index contributed by atoms with van der Waals surface area (Å²) in [6.07, 6.45) is 1.79. The fourth-order valence-electron chi connectivity index (χ4n) is 3.02. The van der Waals surface area contributed by atoms with Crippen LogP contribution < -0.4 is 10.1 Å². The highest BCUT2D eigenvalue weighted by atomic mass is 16.5. The van der Waals surface area contributed by atoms with Crippen LogP contribution in [0.2, 0.25) is 0 Å². The van der Waals surface area contributed by atoms with Crippen molar-refractivity contribution in [2.24, 2.45) is 0 Å². The van der Waals surface area contributed by atoms with Gasteiger partial charge in [-0.1, -0.05) is 66.7 Å². The number of nitrogens with zero attached hydrogens (tertiary/aromatic N) is 1. The lowest BCUT2D eigenvalue weighted by atomic mass is 10.0. The smallest absolute Gasteiger partial charge is 0.126 e. The molecule has 4 aromatic rings. The van der Waals surface area contributed by atoms with E-state index in [0.29, 0.717) is 13.2 Å². The zero-order valence-corrected chi connectivity index (χ0v) is 14.4. The molecule has 0 bridgehead atoms. The first-order valence-corrected chi connectivity index (χ1v) is 8.72. The molecule has 0 fully saturated rings. The van der Waals surface area contributed by atoms with Crippen LogP contribution in [0.15, 0.2) is 91.1 Å². The van der Waals surface area contributed by atoms with Gasteiger partial charge in [-0.2, -0.15) is 0 Å². The third kappa shape index (κ3) is 3.67. The SMILES string of the molecule is c1ccc(COc2ccc3ccccc3c2CNc2ccccn2)cc1. The van der Waals surface area contributed by atoms with Crippen LogP contribution in [-0.2, 0) is 13.2 Å². The van der Waals surface area contributed by atoms with Crippen LogP contribution in [-0.4, -0.2) is 4.98 Å². The molecule has 3 heteroatoms. The van der Waals surface area contributed by atoms with Gasteiger partial charge in [0.2, 0.25) is 0 Å². The summed E-state index contributed by atoms with van der Waals surface area (Å²) in [6, 6.07) is 28.6. The third-order valence-electron chi connectivity index (χ3n) is 4.35. The molecule has 4 rings (SSSR count). The van der Waals surface area contributed by atoms with Crippen LogP contribution >= 0.6 is 0 Å². The first-order chi connectivity index (χ1) is 12.9. The van der Waals surface area contributed by atoms with Crippen LogP contribution in [0.25, 0.3) is 10.8 Å². The summed E-state index contributed by atoms with van der Waals surface area (Å²) in [5, 5.41) is 5.80. The van der Waals surface area contributed by atoms with Crippen molar-refractivity contribution in [3.63, 3.8) is 0 Å². The van der Waals surface area contributed by atoms with Crippen molar-refractivity contribution in [1.29, 1.82) is 0 Å². The quantitative estimate of drug-likeness (QED) is 0.508. The van der Waals surface area contributed by atoms with Crippen molar-refractivity contribution in [3.8, 4) is 5.75 Å². The van der Waals surface area contributed by atoms with Gasteiger partial charge in [0.05, 0.1) is 0 Å². The molecule has 1 N–H and O–H groups in total. The molecule has 0 amide bonds. The van der Waals surface area contributed by atoms with Crippen molar-refractivity contribution < 1.29 is 4.74 Å². The van der Waals surface area contributed by atoms with Gasteiger partial charge in [0.25, 0.3) is 0 Å². The maximum absolute atomic E-state index is 6.16. The van der Waals surface area contributed by atoms with Crippen molar-refractivity contribution in [3.05, 3.63) is 102 Å². The summed E-state index contributed by atoms with van der Waals surface area (Å²) < 4.78 is 6.16. The summed E-state index contributed by atoms with van der Waals surface area (Å²) in [7, 11) is 0. The van der Waals surface area contributed by atoms with Crippen LogP contribution in [0.1, 0.15) is 11.1 Å². The monoisotopic (exact) mass is 340 g/mol.